The number of halogens is 1. The first kappa shape index (κ1) is 15.5. The van der Waals surface area contributed by atoms with Crippen molar-refractivity contribution in [3.05, 3.63) is 59.4 Å². The van der Waals surface area contributed by atoms with Crippen molar-refractivity contribution in [3.63, 3.8) is 0 Å². The number of benzene rings is 2. The van der Waals surface area contributed by atoms with Gasteiger partial charge in [-0.15, -0.1) is 0 Å². The molecule has 22 heavy (non-hydrogen) atoms. The van der Waals surface area contributed by atoms with E-state index in [2.05, 4.69) is 5.16 Å². The molecule has 0 fully saturated rings. The number of carbonyl (C=O) groups is 1. The summed E-state index contributed by atoms with van der Waals surface area (Å²) in [5.41, 5.74) is 0.817. The molecule has 2 aromatic rings. The highest BCUT2D eigenvalue weighted by Crippen LogP contribution is 2.29. The van der Waals surface area contributed by atoms with Crippen molar-refractivity contribution in [3.8, 4) is 11.5 Å². The van der Waals surface area contributed by atoms with Gasteiger partial charge in [0.25, 0.3) is 0 Å². The highest BCUT2D eigenvalue weighted by molar-refractivity contribution is 5.91. The van der Waals surface area contributed by atoms with Crippen LogP contribution in [0.15, 0.2) is 47.6 Å². The Balaban J connectivity index is 2.24. The third kappa shape index (κ3) is 3.82. The zero-order chi connectivity index (χ0) is 15.9. The highest BCUT2D eigenvalue weighted by Gasteiger charge is 2.13. The average Bonchev–Trinajstić information content (AvgIpc) is 2.51. The molecule has 0 amide bonds. The fourth-order valence-corrected chi connectivity index (χ4v) is 1.77. The summed E-state index contributed by atoms with van der Waals surface area (Å²) in [6.45, 7) is 2.17. The quantitative estimate of drug-likeness (QED) is 0.303. The summed E-state index contributed by atoms with van der Waals surface area (Å²) in [5.74, 6) is -0.481. The van der Waals surface area contributed by atoms with Crippen LogP contribution in [0.2, 0.25) is 0 Å². The number of rotatable bonds is 5. The number of carbonyl (C=O) groups excluding carboxylic acids is 1. The third-order valence-electron chi connectivity index (χ3n) is 2.76. The number of oxime groups is 1. The van der Waals surface area contributed by atoms with Gasteiger partial charge in [0.05, 0.1) is 18.4 Å². The van der Waals surface area contributed by atoms with E-state index in [1.807, 2.05) is 0 Å². The number of nitrogens with zero attached hydrogens (tertiary/aromatic N) is 1. The van der Waals surface area contributed by atoms with Crippen molar-refractivity contribution in [2.24, 2.45) is 5.16 Å². The van der Waals surface area contributed by atoms with E-state index in [1.165, 1.54) is 36.5 Å². The van der Waals surface area contributed by atoms with Crippen molar-refractivity contribution in [1.82, 2.24) is 0 Å². The van der Waals surface area contributed by atoms with Gasteiger partial charge in [-0.1, -0.05) is 5.16 Å². The topological polar surface area (TPSA) is 68.1 Å². The first-order chi connectivity index (χ1) is 10.6. The van der Waals surface area contributed by atoms with E-state index in [1.54, 1.807) is 19.1 Å². The van der Waals surface area contributed by atoms with Crippen LogP contribution in [0.5, 0.6) is 11.5 Å². The Labute approximate surface area is 126 Å². The van der Waals surface area contributed by atoms with Gasteiger partial charge in [-0.3, -0.25) is 0 Å². The van der Waals surface area contributed by atoms with Gasteiger partial charge in [0.15, 0.2) is 11.5 Å². The fraction of sp³-hybridized carbons (Fsp3) is 0.125. The molecule has 1 N–H and O–H groups in total. The first-order valence-corrected chi connectivity index (χ1v) is 6.56. The van der Waals surface area contributed by atoms with Crippen molar-refractivity contribution < 1.29 is 23.9 Å². The van der Waals surface area contributed by atoms with Gasteiger partial charge < -0.3 is 14.7 Å². The molecule has 114 valence electrons. The molecule has 6 heteroatoms. The van der Waals surface area contributed by atoms with Crippen LogP contribution in [0.3, 0.4) is 0 Å². The van der Waals surface area contributed by atoms with Crippen LogP contribution < -0.4 is 9.47 Å². The van der Waals surface area contributed by atoms with Crippen molar-refractivity contribution >= 4 is 12.2 Å². The number of esters is 1. The predicted molar refractivity (Wildman–Crippen MR) is 78.4 cm³/mol. The van der Waals surface area contributed by atoms with Gasteiger partial charge >= 0.3 is 5.97 Å². The Morgan fingerprint density at radius 2 is 1.95 bits per heavy atom. The minimum atomic E-state index is -0.621. The molecular weight excluding hydrogens is 289 g/mol. The van der Waals surface area contributed by atoms with Gasteiger partial charge in [-0.05, 0) is 49.4 Å². The molecule has 5 nitrogen and oxygen atoms in total. The SMILES string of the molecule is CCOc1cc(/C=N\O)ccc1OC(=O)c1ccc(F)cc1. The molecule has 0 aromatic heterocycles. The summed E-state index contributed by atoms with van der Waals surface area (Å²) >= 11 is 0. The van der Waals surface area contributed by atoms with Crippen molar-refractivity contribution in [1.29, 1.82) is 0 Å². The second kappa shape index (κ2) is 7.21. The van der Waals surface area contributed by atoms with Gasteiger partial charge in [0, 0.05) is 5.56 Å². The molecule has 0 saturated carbocycles. The Morgan fingerprint density at radius 3 is 2.59 bits per heavy atom. The molecule has 2 rings (SSSR count). The normalized spacial score (nSPS) is 10.6. The molecule has 2 aromatic carbocycles. The standard InChI is InChI=1S/C16H14FNO4/c1-2-21-15-9-11(10-18-20)3-8-14(15)22-16(19)12-4-6-13(17)7-5-12/h3-10,20H,2H2,1H3/b18-10-. The number of hydrogen-bond acceptors (Lipinski definition) is 5. The monoisotopic (exact) mass is 303 g/mol. The molecule has 0 aliphatic carbocycles. The molecule has 0 aliphatic rings. The maximum absolute atomic E-state index is 12.9. The van der Waals surface area contributed by atoms with E-state index in [9.17, 15) is 9.18 Å². The van der Waals surface area contributed by atoms with Crippen LogP contribution >= 0.6 is 0 Å². The van der Waals surface area contributed by atoms with Crippen LogP contribution in [-0.2, 0) is 0 Å². The summed E-state index contributed by atoms with van der Waals surface area (Å²) in [5, 5.41) is 11.5. The van der Waals surface area contributed by atoms with Gasteiger partial charge in [0.1, 0.15) is 5.82 Å². The van der Waals surface area contributed by atoms with Gasteiger partial charge in [-0.2, -0.15) is 0 Å². The molecule has 0 bridgehead atoms. The van der Waals surface area contributed by atoms with Crippen LogP contribution in [0.25, 0.3) is 0 Å². The van der Waals surface area contributed by atoms with Gasteiger partial charge in [0.2, 0.25) is 0 Å². The number of hydrogen-bond donors (Lipinski definition) is 1. The molecule has 0 spiro atoms. The number of ether oxygens (including phenoxy) is 2. The van der Waals surface area contributed by atoms with E-state index in [4.69, 9.17) is 14.7 Å². The summed E-state index contributed by atoms with van der Waals surface area (Å²) in [4.78, 5) is 12.0. The molecule has 0 radical (unpaired) electrons. The van der Waals surface area contributed by atoms with E-state index in [-0.39, 0.29) is 11.3 Å². The smallest absolute Gasteiger partial charge is 0.343 e. The van der Waals surface area contributed by atoms with Gasteiger partial charge in [-0.25, -0.2) is 9.18 Å². The predicted octanol–water partition coefficient (Wildman–Crippen LogP) is 3.25. The fourth-order valence-electron chi connectivity index (χ4n) is 1.77. The Kier molecular flexibility index (Phi) is 5.08. The summed E-state index contributed by atoms with van der Waals surface area (Å²) in [7, 11) is 0. The lowest BCUT2D eigenvalue weighted by molar-refractivity contribution is 0.0728. The molecule has 0 heterocycles. The zero-order valence-corrected chi connectivity index (χ0v) is 11.8. The minimum Gasteiger partial charge on any atom is -0.490 e. The lowest BCUT2D eigenvalue weighted by Crippen LogP contribution is -2.10. The molecular formula is C16H14FNO4. The molecule has 0 aliphatic heterocycles. The van der Waals surface area contributed by atoms with Crippen LogP contribution in [0.1, 0.15) is 22.8 Å². The lowest BCUT2D eigenvalue weighted by Gasteiger charge is -2.11. The summed E-state index contributed by atoms with van der Waals surface area (Å²) in [6.07, 6.45) is 1.23. The second-order valence-electron chi connectivity index (χ2n) is 4.28. The first-order valence-electron chi connectivity index (χ1n) is 6.56. The summed E-state index contributed by atoms with van der Waals surface area (Å²) in [6, 6.07) is 9.76. The van der Waals surface area contributed by atoms with E-state index in [0.717, 1.165) is 0 Å². The van der Waals surface area contributed by atoms with Crippen molar-refractivity contribution in [2.45, 2.75) is 6.92 Å². The summed E-state index contributed by atoms with van der Waals surface area (Å²) < 4.78 is 23.5. The van der Waals surface area contributed by atoms with E-state index < -0.39 is 11.8 Å². The second-order valence-corrected chi connectivity index (χ2v) is 4.28. The average molecular weight is 303 g/mol. The third-order valence-corrected chi connectivity index (χ3v) is 2.76. The van der Waals surface area contributed by atoms with Crippen LogP contribution in [0.4, 0.5) is 4.39 Å². The van der Waals surface area contributed by atoms with E-state index in [0.29, 0.717) is 17.9 Å². The molecule has 0 atom stereocenters. The lowest BCUT2D eigenvalue weighted by atomic mass is 10.2. The van der Waals surface area contributed by atoms with Crippen LogP contribution in [0, 0.1) is 5.82 Å². The Morgan fingerprint density at radius 1 is 1.23 bits per heavy atom. The zero-order valence-electron chi connectivity index (χ0n) is 11.8. The molecule has 0 unspecified atom stereocenters. The maximum atomic E-state index is 12.9. The van der Waals surface area contributed by atoms with Crippen molar-refractivity contribution in [2.75, 3.05) is 6.61 Å². The Bertz CT molecular complexity index is 683. The Hall–Kier alpha value is -2.89. The molecule has 0 saturated heterocycles. The highest BCUT2D eigenvalue weighted by atomic mass is 19.1. The maximum Gasteiger partial charge on any atom is 0.343 e. The van der Waals surface area contributed by atoms with Crippen LogP contribution in [-0.4, -0.2) is 24.0 Å². The largest absolute Gasteiger partial charge is 0.490 e. The minimum absolute atomic E-state index is 0.227. The van der Waals surface area contributed by atoms with E-state index >= 15 is 0 Å².